The van der Waals surface area contributed by atoms with Crippen LogP contribution >= 0.6 is 11.6 Å². The summed E-state index contributed by atoms with van der Waals surface area (Å²) in [7, 11) is 0. The highest BCUT2D eigenvalue weighted by atomic mass is 35.5. The van der Waals surface area contributed by atoms with Crippen LogP contribution in [0.5, 0.6) is 0 Å². The Labute approximate surface area is 163 Å². The Balaban J connectivity index is 1.96. The van der Waals surface area contributed by atoms with E-state index in [-0.39, 0.29) is 16.4 Å². The highest BCUT2D eigenvalue weighted by Gasteiger charge is 2.24. The number of rotatable bonds is 3. The van der Waals surface area contributed by atoms with Crippen molar-refractivity contribution in [1.29, 1.82) is 0 Å². The molecular weight excluding hydrogens is 386 g/mol. The topological polar surface area (TPSA) is 75.0 Å². The van der Waals surface area contributed by atoms with E-state index in [1.165, 1.54) is 24.3 Å². The molecule has 4 rings (SSSR count). The summed E-state index contributed by atoms with van der Waals surface area (Å²) >= 11 is 6.22. The Morgan fingerprint density at radius 3 is 2.39 bits per heavy atom. The van der Waals surface area contributed by atoms with Crippen LogP contribution in [0.1, 0.15) is 0 Å². The first-order chi connectivity index (χ1) is 13.5. The minimum absolute atomic E-state index is 0.0352. The predicted octanol–water partition coefficient (Wildman–Crippen LogP) is 5.38. The van der Waals surface area contributed by atoms with Crippen LogP contribution in [-0.4, -0.2) is 16.2 Å². The van der Waals surface area contributed by atoms with Gasteiger partial charge in [-0.05, 0) is 35.9 Å². The van der Waals surface area contributed by atoms with Crippen LogP contribution in [0.4, 0.5) is 25.1 Å². The smallest absolute Gasteiger partial charge is 0.325 e. The van der Waals surface area contributed by atoms with Crippen LogP contribution in [-0.2, 0) is 0 Å². The van der Waals surface area contributed by atoms with Crippen molar-refractivity contribution in [2.24, 2.45) is 5.73 Å². The number of urea groups is 1. The van der Waals surface area contributed by atoms with E-state index in [2.05, 4.69) is 10.2 Å². The summed E-state index contributed by atoms with van der Waals surface area (Å²) in [5, 5.41) is 6.86. The van der Waals surface area contributed by atoms with Gasteiger partial charge in [-0.2, -0.15) is 5.10 Å². The Bertz CT molecular complexity index is 1180. The molecule has 4 aromatic rings. The minimum atomic E-state index is -0.850. The van der Waals surface area contributed by atoms with E-state index >= 15 is 0 Å². The van der Waals surface area contributed by atoms with Crippen LogP contribution < -0.4 is 10.6 Å². The zero-order valence-corrected chi connectivity index (χ0v) is 15.0. The number of amides is 2. The van der Waals surface area contributed by atoms with E-state index in [1.54, 1.807) is 30.3 Å². The zero-order valence-electron chi connectivity index (χ0n) is 14.3. The van der Waals surface area contributed by atoms with Crippen LogP contribution in [0, 0.1) is 11.6 Å². The van der Waals surface area contributed by atoms with Crippen molar-refractivity contribution < 1.29 is 13.6 Å². The second-order valence-corrected chi connectivity index (χ2v) is 6.42. The molecule has 3 aromatic carbocycles. The molecule has 8 heteroatoms. The molecule has 0 aliphatic carbocycles. The summed E-state index contributed by atoms with van der Waals surface area (Å²) in [6.07, 6.45) is 0. The monoisotopic (exact) mass is 398 g/mol. The first kappa shape index (κ1) is 17.9. The number of aromatic nitrogens is 2. The van der Waals surface area contributed by atoms with Crippen molar-refractivity contribution in [1.82, 2.24) is 10.2 Å². The maximum absolute atomic E-state index is 14.9. The molecule has 140 valence electrons. The molecule has 0 unspecified atom stereocenters. The summed E-state index contributed by atoms with van der Waals surface area (Å²) in [6.45, 7) is 0. The summed E-state index contributed by atoms with van der Waals surface area (Å²) in [5.41, 5.74) is 7.00. The Morgan fingerprint density at radius 1 is 1.07 bits per heavy atom. The third-order valence-electron chi connectivity index (χ3n) is 4.32. The van der Waals surface area contributed by atoms with Crippen LogP contribution in [0.25, 0.3) is 22.0 Å². The summed E-state index contributed by atoms with van der Waals surface area (Å²) < 4.78 is 28.2. The second kappa shape index (κ2) is 6.94. The molecule has 0 atom stereocenters. The lowest BCUT2D eigenvalue weighted by Gasteiger charge is -2.18. The number of hydrogen-bond donors (Lipinski definition) is 2. The minimum Gasteiger partial charge on any atom is -0.351 e. The van der Waals surface area contributed by atoms with Crippen molar-refractivity contribution >= 4 is 40.0 Å². The molecule has 0 spiro atoms. The van der Waals surface area contributed by atoms with E-state index in [0.29, 0.717) is 22.2 Å². The molecule has 0 saturated heterocycles. The molecule has 1 aromatic heterocycles. The molecule has 0 radical (unpaired) electrons. The maximum Gasteiger partial charge on any atom is 0.325 e. The van der Waals surface area contributed by atoms with E-state index in [1.807, 2.05) is 6.07 Å². The lowest BCUT2D eigenvalue weighted by Crippen LogP contribution is -2.31. The predicted molar refractivity (Wildman–Crippen MR) is 105 cm³/mol. The van der Waals surface area contributed by atoms with E-state index in [0.717, 1.165) is 4.90 Å². The van der Waals surface area contributed by atoms with Crippen molar-refractivity contribution in [2.75, 3.05) is 4.90 Å². The lowest BCUT2D eigenvalue weighted by atomic mass is 10.0. The summed E-state index contributed by atoms with van der Waals surface area (Å²) in [4.78, 5) is 13.2. The average molecular weight is 399 g/mol. The van der Waals surface area contributed by atoms with Crippen LogP contribution in [0.2, 0.25) is 5.02 Å². The molecule has 2 amide bonds. The van der Waals surface area contributed by atoms with Gasteiger partial charge in [-0.3, -0.25) is 5.10 Å². The maximum atomic E-state index is 14.9. The number of carbonyl (C=O) groups is 1. The van der Waals surface area contributed by atoms with Gasteiger partial charge in [-0.25, -0.2) is 18.5 Å². The van der Waals surface area contributed by atoms with E-state index in [4.69, 9.17) is 17.3 Å². The van der Waals surface area contributed by atoms with Gasteiger partial charge in [0.15, 0.2) is 11.6 Å². The highest BCUT2D eigenvalue weighted by molar-refractivity contribution is 6.34. The number of halogens is 3. The zero-order chi connectivity index (χ0) is 19.8. The number of aromatic amines is 1. The summed E-state index contributed by atoms with van der Waals surface area (Å²) in [5.74, 6) is -1.08. The molecule has 0 fully saturated rings. The third-order valence-corrected chi connectivity index (χ3v) is 4.69. The fraction of sp³-hybridized carbons (Fsp3) is 0. The molecule has 0 aliphatic heterocycles. The summed E-state index contributed by atoms with van der Waals surface area (Å²) in [6, 6.07) is 14.9. The molecule has 28 heavy (non-hydrogen) atoms. The van der Waals surface area contributed by atoms with Gasteiger partial charge in [-0.1, -0.05) is 41.9 Å². The van der Waals surface area contributed by atoms with Gasteiger partial charge < -0.3 is 5.73 Å². The van der Waals surface area contributed by atoms with Gasteiger partial charge in [0.05, 0.1) is 10.7 Å². The highest BCUT2D eigenvalue weighted by Crippen LogP contribution is 2.39. The number of hydrogen-bond acceptors (Lipinski definition) is 2. The standard InChI is InChI=1S/C20H13ClF2N4O/c21-16-14(11-4-2-1-3-5-11)10-15-18(17(16)23)25-26-19(15)27(20(24)28)13-8-6-12(22)7-9-13/h1-10H,(H2,24,28)(H,25,26). The van der Waals surface area contributed by atoms with Crippen LogP contribution in [0.15, 0.2) is 60.7 Å². The number of fused-ring (bicyclic) bond motifs is 1. The number of anilines is 2. The van der Waals surface area contributed by atoms with Gasteiger partial charge >= 0.3 is 6.03 Å². The quantitative estimate of drug-likeness (QED) is 0.486. The van der Waals surface area contributed by atoms with Gasteiger partial charge in [0.2, 0.25) is 0 Å². The van der Waals surface area contributed by atoms with Crippen molar-refractivity contribution in [3.8, 4) is 11.1 Å². The van der Waals surface area contributed by atoms with Gasteiger partial charge in [-0.15, -0.1) is 0 Å². The fourth-order valence-corrected chi connectivity index (χ4v) is 3.28. The molecular formula is C20H13ClF2N4O. The second-order valence-electron chi connectivity index (χ2n) is 6.04. The number of benzene rings is 3. The molecule has 0 saturated carbocycles. The number of nitrogens with two attached hydrogens (primary N) is 1. The SMILES string of the molecule is NC(=O)N(c1ccc(F)cc1)c1n[nH]c2c(F)c(Cl)c(-c3ccccc3)cc12. The molecule has 5 nitrogen and oxygen atoms in total. The van der Waals surface area contributed by atoms with Crippen molar-refractivity contribution in [3.63, 3.8) is 0 Å². The molecule has 1 heterocycles. The van der Waals surface area contributed by atoms with Gasteiger partial charge in [0, 0.05) is 10.9 Å². The molecule has 0 bridgehead atoms. The number of primary amides is 1. The number of carbonyl (C=O) groups excluding carboxylic acids is 1. The fourth-order valence-electron chi connectivity index (χ4n) is 3.02. The first-order valence-corrected chi connectivity index (χ1v) is 8.62. The van der Waals surface area contributed by atoms with Crippen LogP contribution in [0.3, 0.4) is 0 Å². The Kier molecular flexibility index (Phi) is 4.44. The van der Waals surface area contributed by atoms with E-state index in [9.17, 15) is 13.6 Å². The average Bonchev–Trinajstić information content (AvgIpc) is 3.10. The first-order valence-electron chi connectivity index (χ1n) is 8.24. The lowest BCUT2D eigenvalue weighted by molar-refractivity contribution is 0.256. The molecule has 0 aliphatic rings. The van der Waals surface area contributed by atoms with Gasteiger partial charge in [0.25, 0.3) is 0 Å². The number of H-pyrrole nitrogens is 1. The van der Waals surface area contributed by atoms with Crippen molar-refractivity contribution in [3.05, 3.63) is 77.3 Å². The normalized spacial score (nSPS) is 11.0. The van der Waals surface area contributed by atoms with Gasteiger partial charge in [0.1, 0.15) is 11.3 Å². The van der Waals surface area contributed by atoms with E-state index < -0.39 is 17.7 Å². The number of nitrogens with zero attached hydrogens (tertiary/aromatic N) is 2. The Hall–Kier alpha value is -3.45. The Morgan fingerprint density at radius 2 is 1.75 bits per heavy atom. The van der Waals surface area contributed by atoms with Crippen molar-refractivity contribution in [2.45, 2.75) is 0 Å². The number of nitrogens with one attached hydrogen (secondary N) is 1. The largest absolute Gasteiger partial charge is 0.351 e. The molecule has 3 N–H and O–H groups in total. The third kappa shape index (κ3) is 2.95.